The van der Waals surface area contributed by atoms with Gasteiger partial charge in [0.1, 0.15) is 11.5 Å². The van der Waals surface area contributed by atoms with Crippen LogP contribution in [0.5, 0.6) is 5.75 Å². The van der Waals surface area contributed by atoms with Crippen LogP contribution in [0.3, 0.4) is 0 Å². The van der Waals surface area contributed by atoms with Crippen LogP contribution in [-0.4, -0.2) is 28.9 Å². The van der Waals surface area contributed by atoms with Gasteiger partial charge in [0, 0.05) is 23.1 Å². The zero-order valence-electron chi connectivity index (χ0n) is 17.8. The number of carbonyl (C=O) groups is 2. The van der Waals surface area contributed by atoms with Crippen molar-refractivity contribution in [3.8, 4) is 5.75 Å². The van der Waals surface area contributed by atoms with E-state index in [9.17, 15) is 14.7 Å². The number of halogens is 1. The number of aromatic nitrogens is 1. The van der Waals surface area contributed by atoms with E-state index in [1.54, 1.807) is 54.9 Å². The first-order valence-corrected chi connectivity index (χ1v) is 10.3. The largest absolute Gasteiger partial charge is 0.507 e. The number of ketones is 1. The summed E-state index contributed by atoms with van der Waals surface area (Å²) in [6.45, 7) is 3.74. The molecule has 0 spiro atoms. The maximum absolute atomic E-state index is 13.2. The van der Waals surface area contributed by atoms with Crippen LogP contribution in [-0.2, 0) is 9.59 Å². The van der Waals surface area contributed by atoms with Gasteiger partial charge >= 0.3 is 0 Å². The van der Waals surface area contributed by atoms with Gasteiger partial charge in [-0.05, 0) is 66.9 Å². The predicted octanol–water partition coefficient (Wildman–Crippen LogP) is 4.99. The normalized spacial score (nSPS) is 17.6. The van der Waals surface area contributed by atoms with E-state index in [4.69, 9.17) is 16.3 Å². The van der Waals surface area contributed by atoms with Crippen LogP contribution in [0.15, 0.2) is 66.5 Å². The Morgan fingerprint density at radius 1 is 1.12 bits per heavy atom. The molecule has 162 valence electrons. The molecule has 4 rings (SSSR count). The number of methoxy groups -OCH3 is 1. The molecular formula is C25H21ClN2O4. The van der Waals surface area contributed by atoms with Gasteiger partial charge in [0.15, 0.2) is 0 Å². The second kappa shape index (κ2) is 8.48. The number of rotatable bonds is 4. The Balaban J connectivity index is 1.99. The Morgan fingerprint density at radius 3 is 2.47 bits per heavy atom. The molecule has 1 amide bonds. The Hall–Kier alpha value is -3.64. The molecule has 1 saturated heterocycles. The van der Waals surface area contributed by atoms with E-state index in [1.165, 1.54) is 12.0 Å². The Morgan fingerprint density at radius 2 is 1.84 bits per heavy atom. The number of Topliss-reactive ketones (excluding diaryl/α,β-unsaturated/α-hetero) is 1. The summed E-state index contributed by atoms with van der Waals surface area (Å²) in [6.07, 6.45) is 3.18. The molecule has 0 saturated carbocycles. The zero-order chi connectivity index (χ0) is 23.0. The molecule has 1 fully saturated rings. The van der Waals surface area contributed by atoms with Crippen molar-refractivity contribution in [1.82, 2.24) is 4.98 Å². The molecule has 0 radical (unpaired) electrons. The quantitative estimate of drug-likeness (QED) is 0.345. The van der Waals surface area contributed by atoms with Crippen molar-refractivity contribution in [3.63, 3.8) is 0 Å². The van der Waals surface area contributed by atoms with Crippen LogP contribution in [0.25, 0.3) is 5.76 Å². The van der Waals surface area contributed by atoms with Gasteiger partial charge < -0.3 is 9.84 Å². The van der Waals surface area contributed by atoms with Crippen molar-refractivity contribution in [1.29, 1.82) is 0 Å². The van der Waals surface area contributed by atoms with Gasteiger partial charge in [-0.3, -0.25) is 19.5 Å². The van der Waals surface area contributed by atoms with E-state index in [-0.39, 0.29) is 11.3 Å². The van der Waals surface area contributed by atoms with Crippen LogP contribution < -0.4 is 9.64 Å². The van der Waals surface area contributed by atoms with Gasteiger partial charge in [0.25, 0.3) is 11.7 Å². The van der Waals surface area contributed by atoms with Gasteiger partial charge in [-0.2, -0.15) is 0 Å². The Labute approximate surface area is 190 Å². The highest BCUT2D eigenvalue weighted by molar-refractivity contribution is 6.51. The van der Waals surface area contributed by atoms with Crippen LogP contribution in [0.4, 0.5) is 5.69 Å². The third kappa shape index (κ3) is 3.63. The lowest BCUT2D eigenvalue weighted by Gasteiger charge is -2.25. The van der Waals surface area contributed by atoms with Crippen molar-refractivity contribution in [2.45, 2.75) is 19.9 Å². The molecule has 1 aliphatic rings. The second-order valence-electron chi connectivity index (χ2n) is 7.59. The van der Waals surface area contributed by atoms with Crippen molar-refractivity contribution < 1.29 is 19.4 Å². The fourth-order valence-electron chi connectivity index (χ4n) is 4.10. The van der Waals surface area contributed by atoms with E-state index in [1.807, 2.05) is 19.9 Å². The predicted molar refractivity (Wildman–Crippen MR) is 123 cm³/mol. The lowest BCUT2D eigenvalue weighted by Crippen LogP contribution is -2.29. The Kier molecular flexibility index (Phi) is 5.72. The summed E-state index contributed by atoms with van der Waals surface area (Å²) < 4.78 is 5.51. The number of carbonyl (C=O) groups excluding carboxylic acids is 2. The fraction of sp³-hybridized carbons (Fsp3) is 0.160. The lowest BCUT2D eigenvalue weighted by atomic mass is 9.94. The third-order valence-electron chi connectivity index (χ3n) is 5.43. The average molecular weight is 449 g/mol. The first kappa shape index (κ1) is 21.6. The smallest absolute Gasteiger partial charge is 0.300 e. The van der Waals surface area contributed by atoms with Crippen molar-refractivity contribution in [2.75, 3.05) is 12.0 Å². The minimum Gasteiger partial charge on any atom is -0.507 e. The summed E-state index contributed by atoms with van der Waals surface area (Å²) in [6, 6.07) is 12.9. The van der Waals surface area contributed by atoms with Crippen LogP contribution in [0, 0.1) is 13.8 Å². The first-order chi connectivity index (χ1) is 15.3. The maximum Gasteiger partial charge on any atom is 0.300 e. The summed E-state index contributed by atoms with van der Waals surface area (Å²) >= 11 is 6.02. The van der Waals surface area contributed by atoms with E-state index in [2.05, 4.69) is 4.98 Å². The Bertz CT molecular complexity index is 1240. The molecule has 1 unspecified atom stereocenters. The molecule has 1 aromatic heterocycles. The summed E-state index contributed by atoms with van der Waals surface area (Å²) in [7, 11) is 1.50. The highest BCUT2D eigenvalue weighted by atomic mass is 35.5. The SMILES string of the molecule is COc1c(C)cc(C)cc1/C(O)=C1\C(=O)C(=O)N(c2ccc(Cl)cc2)C1c1cccnc1. The highest BCUT2D eigenvalue weighted by Crippen LogP contribution is 2.43. The fourth-order valence-corrected chi connectivity index (χ4v) is 4.23. The molecule has 6 nitrogen and oxygen atoms in total. The number of nitrogens with zero attached hydrogens (tertiary/aromatic N) is 2. The second-order valence-corrected chi connectivity index (χ2v) is 8.03. The molecule has 2 aromatic carbocycles. The van der Waals surface area contributed by atoms with Gasteiger partial charge in [0.2, 0.25) is 0 Å². The highest BCUT2D eigenvalue weighted by Gasteiger charge is 2.47. The molecule has 0 bridgehead atoms. The number of pyridine rings is 1. The van der Waals surface area contributed by atoms with Crippen LogP contribution in [0.2, 0.25) is 5.02 Å². The van der Waals surface area contributed by atoms with E-state index in [0.29, 0.717) is 27.6 Å². The summed E-state index contributed by atoms with van der Waals surface area (Å²) in [4.78, 5) is 31.9. The number of hydrogen-bond acceptors (Lipinski definition) is 5. The molecule has 1 aliphatic heterocycles. The van der Waals surface area contributed by atoms with Crippen LogP contribution >= 0.6 is 11.6 Å². The molecular weight excluding hydrogens is 428 g/mol. The van der Waals surface area contributed by atoms with Crippen molar-refractivity contribution in [3.05, 3.63) is 93.8 Å². The third-order valence-corrected chi connectivity index (χ3v) is 5.68. The number of anilines is 1. The number of amides is 1. The number of ether oxygens (including phenoxy) is 1. The van der Waals surface area contributed by atoms with Gasteiger partial charge in [-0.25, -0.2) is 0 Å². The maximum atomic E-state index is 13.2. The molecule has 1 N–H and O–H groups in total. The van der Waals surface area contributed by atoms with E-state index < -0.39 is 17.7 Å². The summed E-state index contributed by atoms with van der Waals surface area (Å²) in [5.74, 6) is -1.38. The average Bonchev–Trinajstić information content (AvgIpc) is 3.04. The number of aryl methyl sites for hydroxylation is 2. The molecule has 7 heteroatoms. The number of aliphatic hydroxyl groups excluding tert-OH is 1. The van der Waals surface area contributed by atoms with Gasteiger partial charge in [-0.15, -0.1) is 0 Å². The van der Waals surface area contributed by atoms with Crippen molar-refractivity contribution >= 4 is 34.7 Å². The number of benzene rings is 2. The van der Waals surface area contributed by atoms with Gasteiger partial charge in [-0.1, -0.05) is 23.7 Å². The number of hydrogen-bond donors (Lipinski definition) is 1. The summed E-state index contributed by atoms with van der Waals surface area (Å²) in [5, 5.41) is 11.9. The van der Waals surface area contributed by atoms with E-state index >= 15 is 0 Å². The van der Waals surface area contributed by atoms with Crippen molar-refractivity contribution in [2.24, 2.45) is 0 Å². The lowest BCUT2D eigenvalue weighted by molar-refractivity contribution is -0.132. The standard InChI is InChI=1S/C25H21ClN2O4/c1-14-11-15(2)24(32-3)19(12-14)22(29)20-21(16-5-4-10-27-13-16)28(25(31)23(20)30)18-8-6-17(26)7-9-18/h4-13,21,29H,1-3H3/b22-20+. The molecule has 2 heterocycles. The van der Waals surface area contributed by atoms with Crippen LogP contribution in [0.1, 0.15) is 28.3 Å². The van der Waals surface area contributed by atoms with E-state index in [0.717, 1.165) is 11.1 Å². The summed E-state index contributed by atoms with van der Waals surface area (Å²) in [5.41, 5.74) is 3.09. The van der Waals surface area contributed by atoms with Gasteiger partial charge in [0.05, 0.1) is 24.3 Å². The molecule has 1 atom stereocenters. The monoisotopic (exact) mass is 448 g/mol. The minimum absolute atomic E-state index is 0.0266. The number of aliphatic hydroxyl groups is 1. The molecule has 3 aromatic rings. The molecule has 0 aliphatic carbocycles. The topological polar surface area (TPSA) is 79.7 Å². The first-order valence-electron chi connectivity index (χ1n) is 9.95. The minimum atomic E-state index is -0.865. The molecule has 32 heavy (non-hydrogen) atoms. The zero-order valence-corrected chi connectivity index (χ0v) is 18.6.